The van der Waals surface area contributed by atoms with E-state index < -0.39 is 23.5 Å². The molecule has 2 heterocycles. The summed E-state index contributed by atoms with van der Waals surface area (Å²) < 4.78 is 5.23. The van der Waals surface area contributed by atoms with E-state index in [0.29, 0.717) is 13.0 Å². The van der Waals surface area contributed by atoms with Gasteiger partial charge in [-0.2, -0.15) is 0 Å². The summed E-state index contributed by atoms with van der Waals surface area (Å²) in [6, 6.07) is 16.1. The SMILES string of the molecule is CCCN1C(=O)C(O)=C(C(=O)c2ccco2)C1c1cccc2ccccc12. The van der Waals surface area contributed by atoms with Crippen molar-refractivity contribution in [2.75, 3.05) is 6.54 Å². The van der Waals surface area contributed by atoms with E-state index in [0.717, 1.165) is 16.3 Å². The predicted octanol–water partition coefficient (Wildman–Crippen LogP) is 4.42. The predicted molar refractivity (Wildman–Crippen MR) is 101 cm³/mol. The minimum Gasteiger partial charge on any atom is -0.503 e. The van der Waals surface area contributed by atoms with Gasteiger partial charge in [0.25, 0.3) is 5.91 Å². The Morgan fingerprint density at radius 2 is 1.89 bits per heavy atom. The fourth-order valence-electron chi connectivity index (χ4n) is 3.71. The third kappa shape index (κ3) is 2.72. The summed E-state index contributed by atoms with van der Waals surface area (Å²) in [5, 5.41) is 12.5. The Bertz CT molecular complexity index is 1040. The van der Waals surface area contributed by atoms with Crippen molar-refractivity contribution in [3.63, 3.8) is 0 Å². The largest absolute Gasteiger partial charge is 0.503 e. The van der Waals surface area contributed by atoms with Crippen molar-refractivity contribution < 1.29 is 19.1 Å². The lowest BCUT2D eigenvalue weighted by Gasteiger charge is -2.27. The molecule has 0 saturated carbocycles. The second-order valence-electron chi connectivity index (χ2n) is 6.54. The van der Waals surface area contributed by atoms with Gasteiger partial charge >= 0.3 is 0 Å². The smallest absolute Gasteiger partial charge is 0.290 e. The molecule has 5 nitrogen and oxygen atoms in total. The molecule has 0 bridgehead atoms. The van der Waals surface area contributed by atoms with Crippen molar-refractivity contribution in [2.45, 2.75) is 19.4 Å². The van der Waals surface area contributed by atoms with Crippen LogP contribution in [0.1, 0.15) is 35.5 Å². The first-order chi connectivity index (χ1) is 13.1. The number of fused-ring (bicyclic) bond motifs is 1. The number of carbonyl (C=O) groups excluding carboxylic acids is 2. The van der Waals surface area contributed by atoms with Crippen molar-refractivity contribution in [2.24, 2.45) is 0 Å². The van der Waals surface area contributed by atoms with Gasteiger partial charge < -0.3 is 14.4 Å². The van der Waals surface area contributed by atoms with E-state index in [9.17, 15) is 14.7 Å². The van der Waals surface area contributed by atoms with Crippen LogP contribution >= 0.6 is 0 Å². The van der Waals surface area contributed by atoms with Gasteiger partial charge in [-0.25, -0.2) is 0 Å². The number of benzene rings is 2. The monoisotopic (exact) mass is 361 g/mol. The minimum atomic E-state index is -0.652. The normalized spacial score (nSPS) is 17.1. The molecule has 1 aromatic heterocycles. The summed E-state index contributed by atoms with van der Waals surface area (Å²) in [4.78, 5) is 27.3. The van der Waals surface area contributed by atoms with Crippen LogP contribution in [0.3, 0.4) is 0 Å². The minimum absolute atomic E-state index is 0.0692. The van der Waals surface area contributed by atoms with Gasteiger partial charge in [0.15, 0.2) is 11.5 Å². The van der Waals surface area contributed by atoms with Gasteiger partial charge in [0, 0.05) is 6.54 Å². The van der Waals surface area contributed by atoms with E-state index in [2.05, 4.69) is 0 Å². The molecular formula is C22H19NO4. The molecule has 4 rings (SSSR count). The van der Waals surface area contributed by atoms with Gasteiger partial charge in [0.2, 0.25) is 5.78 Å². The van der Waals surface area contributed by atoms with Crippen molar-refractivity contribution in [1.82, 2.24) is 4.90 Å². The molecule has 136 valence electrons. The van der Waals surface area contributed by atoms with Crippen molar-refractivity contribution >= 4 is 22.5 Å². The summed E-state index contributed by atoms with van der Waals surface area (Å²) in [6.07, 6.45) is 2.11. The molecule has 1 amide bonds. The Labute approximate surface area is 156 Å². The molecule has 1 atom stereocenters. The Balaban J connectivity index is 1.92. The second-order valence-corrected chi connectivity index (χ2v) is 6.54. The Morgan fingerprint density at radius 3 is 2.63 bits per heavy atom. The molecular weight excluding hydrogens is 342 g/mol. The number of aliphatic hydroxyl groups excluding tert-OH is 1. The number of nitrogens with zero attached hydrogens (tertiary/aromatic N) is 1. The van der Waals surface area contributed by atoms with Crippen LogP contribution in [0.5, 0.6) is 0 Å². The zero-order valence-corrected chi connectivity index (χ0v) is 14.9. The van der Waals surface area contributed by atoms with E-state index in [1.54, 1.807) is 11.0 Å². The van der Waals surface area contributed by atoms with Crippen LogP contribution in [-0.4, -0.2) is 28.2 Å². The van der Waals surface area contributed by atoms with Crippen molar-refractivity contribution in [3.8, 4) is 0 Å². The van der Waals surface area contributed by atoms with Gasteiger partial charge in [-0.05, 0) is 34.9 Å². The van der Waals surface area contributed by atoms with Gasteiger partial charge in [-0.3, -0.25) is 9.59 Å². The highest BCUT2D eigenvalue weighted by molar-refractivity contribution is 6.15. The van der Waals surface area contributed by atoms with Gasteiger partial charge in [0.05, 0.1) is 17.9 Å². The average Bonchev–Trinajstić information content (AvgIpc) is 3.31. The molecule has 1 aliphatic rings. The van der Waals surface area contributed by atoms with E-state index in [-0.39, 0.29) is 11.3 Å². The highest BCUT2D eigenvalue weighted by Crippen LogP contribution is 2.41. The summed E-state index contributed by atoms with van der Waals surface area (Å²) in [5.74, 6) is -1.39. The summed E-state index contributed by atoms with van der Waals surface area (Å²) in [6.45, 7) is 2.39. The van der Waals surface area contributed by atoms with Gasteiger partial charge in [-0.15, -0.1) is 0 Å². The first kappa shape index (κ1) is 17.1. The number of hydrogen-bond acceptors (Lipinski definition) is 4. The Hall–Kier alpha value is -3.34. The van der Waals surface area contributed by atoms with Crippen LogP contribution in [0.2, 0.25) is 0 Å². The molecule has 2 aromatic carbocycles. The van der Waals surface area contributed by atoms with Crippen LogP contribution in [0, 0.1) is 0 Å². The molecule has 5 heteroatoms. The number of aliphatic hydroxyl groups is 1. The van der Waals surface area contributed by atoms with Gasteiger partial charge in [0.1, 0.15) is 0 Å². The number of hydrogen-bond donors (Lipinski definition) is 1. The molecule has 3 aromatic rings. The fourth-order valence-corrected chi connectivity index (χ4v) is 3.71. The highest BCUT2D eigenvalue weighted by atomic mass is 16.3. The maximum absolute atomic E-state index is 13.0. The van der Waals surface area contributed by atoms with Crippen LogP contribution in [0.25, 0.3) is 10.8 Å². The third-order valence-electron chi connectivity index (χ3n) is 4.88. The first-order valence-electron chi connectivity index (χ1n) is 8.93. The number of amides is 1. The zero-order valence-electron chi connectivity index (χ0n) is 14.9. The maximum atomic E-state index is 13.0. The average molecular weight is 361 g/mol. The molecule has 1 N–H and O–H groups in total. The lowest BCUT2D eigenvalue weighted by Crippen LogP contribution is -2.32. The van der Waals surface area contributed by atoms with E-state index in [1.165, 1.54) is 12.3 Å². The van der Waals surface area contributed by atoms with E-state index in [1.807, 2.05) is 49.4 Å². The number of rotatable bonds is 5. The third-order valence-corrected chi connectivity index (χ3v) is 4.88. The molecule has 0 aliphatic carbocycles. The standard InChI is InChI=1S/C22H19NO4/c1-2-12-23-19(16-10-5-8-14-7-3-4-9-15(14)16)18(21(25)22(23)26)20(24)17-11-6-13-27-17/h3-11,13,19,25H,2,12H2,1H3. The summed E-state index contributed by atoms with van der Waals surface area (Å²) in [7, 11) is 0. The van der Waals surface area contributed by atoms with Crippen LogP contribution < -0.4 is 0 Å². The number of ketones is 1. The number of furan rings is 1. The fraction of sp³-hybridized carbons (Fsp3) is 0.182. The first-order valence-corrected chi connectivity index (χ1v) is 8.93. The molecule has 27 heavy (non-hydrogen) atoms. The lowest BCUT2D eigenvalue weighted by atomic mass is 9.91. The molecule has 1 unspecified atom stereocenters. The Morgan fingerprint density at radius 1 is 1.11 bits per heavy atom. The second kappa shape index (κ2) is 6.76. The van der Waals surface area contributed by atoms with Crippen molar-refractivity contribution in [3.05, 3.63) is 83.5 Å². The maximum Gasteiger partial charge on any atom is 0.290 e. The van der Waals surface area contributed by atoms with Crippen LogP contribution in [0.4, 0.5) is 0 Å². The van der Waals surface area contributed by atoms with Gasteiger partial charge in [-0.1, -0.05) is 49.4 Å². The van der Waals surface area contributed by atoms with Crippen molar-refractivity contribution in [1.29, 1.82) is 0 Å². The number of Topliss-reactive ketones (excluding diaryl/α,β-unsaturated/α-hetero) is 1. The van der Waals surface area contributed by atoms with Crippen LogP contribution in [-0.2, 0) is 4.79 Å². The summed E-state index contributed by atoms with van der Waals surface area (Å²) in [5.41, 5.74) is 0.883. The molecule has 0 saturated heterocycles. The molecule has 0 fully saturated rings. The molecule has 1 aliphatic heterocycles. The lowest BCUT2D eigenvalue weighted by molar-refractivity contribution is -0.129. The topological polar surface area (TPSA) is 70.8 Å². The summed E-state index contributed by atoms with van der Waals surface area (Å²) >= 11 is 0. The number of carbonyl (C=O) groups is 2. The molecule has 0 spiro atoms. The quantitative estimate of drug-likeness (QED) is 0.683. The van der Waals surface area contributed by atoms with E-state index in [4.69, 9.17) is 4.42 Å². The van der Waals surface area contributed by atoms with E-state index >= 15 is 0 Å². The zero-order chi connectivity index (χ0) is 19.0. The highest BCUT2D eigenvalue weighted by Gasteiger charge is 2.44. The molecule has 0 radical (unpaired) electrons. The van der Waals surface area contributed by atoms with Crippen LogP contribution in [0.15, 0.2) is 76.6 Å². The Kier molecular flexibility index (Phi) is 4.28.